The van der Waals surface area contributed by atoms with E-state index in [9.17, 15) is 9.59 Å². The van der Waals surface area contributed by atoms with Crippen molar-refractivity contribution in [3.8, 4) is 0 Å². The summed E-state index contributed by atoms with van der Waals surface area (Å²) in [6.45, 7) is 4.19. The molecule has 1 fully saturated rings. The molecule has 2 heterocycles. The Hall–Kier alpha value is -1.62. The van der Waals surface area contributed by atoms with Crippen LogP contribution in [-0.4, -0.2) is 47.8 Å². The molecule has 21 heavy (non-hydrogen) atoms. The maximum atomic E-state index is 12.6. The zero-order valence-corrected chi connectivity index (χ0v) is 13.2. The van der Waals surface area contributed by atoms with Crippen LogP contribution in [0, 0.1) is 5.92 Å². The number of Topliss-reactive ketones (excluding diaryl/α,β-unsaturated/α-hetero) is 1. The minimum Gasteiger partial charge on any atom is -0.346 e. The van der Waals surface area contributed by atoms with Gasteiger partial charge in [0.1, 0.15) is 5.69 Å². The van der Waals surface area contributed by atoms with Gasteiger partial charge in [0.15, 0.2) is 5.78 Å². The molecule has 5 nitrogen and oxygen atoms in total. The molecular formula is C16H25N3O2. The number of piperidine rings is 1. The van der Waals surface area contributed by atoms with E-state index < -0.39 is 0 Å². The van der Waals surface area contributed by atoms with E-state index >= 15 is 0 Å². The van der Waals surface area contributed by atoms with E-state index in [0.29, 0.717) is 17.2 Å². The van der Waals surface area contributed by atoms with Gasteiger partial charge in [-0.3, -0.25) is 9.59 Å². The lowest BCUT2D eigenvalue weighted by Crippen LogP contribution is -2.39. The lowest BCUT2D eigenvalue weighted by atomic mass is 9.93. The first kappa shape index (κ1) is 15.8. The molecule has 116 valence electrons. The predicted molar refractivity (Wildman–Crippen MR) is 82.6 cm³/mol. The largest absolute Gasteiger partial charge is 0.346 e. The van der Waals surface area contributed by atoms with Crippen LogP contribution in [0.3, 0.4) is 0 Å². The number of rotatable bonds is 5. The molecule has 0 radical (unpaired) electrons. The van der Waals surface area contributed by atoms with Gasteiger partial charge in [0.25, 0.3) is 5.91 Å². The van der Waals surface area contributed by atoms with Crippen molar-refractivity contribution in [3.05, 3.63) is 23.5 Å². The number of nitrogens with one attached hydrogen (secondary N) is 1. The van der Waals surface area contributed by atoms with Gasteiger partial charge in [-0.2, -0.15) is 0 Å². The quantitative estimate of drug-likeness (QED) is 0.840. The molecular weight excluding hydrogens is 266 g/mol. The van der Waals surface area contributed by atoms with E-state index in [-0.39, 0.29) is 11.7 Å². The smallest absolute Gasteiger partial charge is 0.270 e. The minimum atomic E-state index is -0.00424. The zero-order valence-electron chi connectivity index (χ0n) is 13.2. The molecule has 0 saturated carbocycles. The van der Waals surface area contributed by atoms with E-state index in [2.05, 4.69) is 5.32 Å². The SMILES string of the molecule is CNCCC1CCN(C(=O)c2cc(C(C)=O)cn2C)CC1. The second kappa shape index (κ2) is 6.89. The van der Waals surface area contributed by atoms with E-state index in [0.717, 1.165) is 32.5 Å². The summed E-state index contributed by atoms with van der Waals surface area (Å²) >= 11 is 0. The van der Waals surface area contributed by atoms with Crippen LogP contribution < -0.4 is 5.32 Å². The Bertz CT molecular complexity index is 514. The third-order valence-corrected chi connectivity index (χ3v) is 4.33. The normalized spacial score (nSPS) is 16.2. The number of likely N-dealkylation sites (tertiary alicyclic amines) is 1. The van der Waals surface area contributed by atoms with Crippen LogP contribution in [0.2, 0.25) is 0 Å². The van der Waals surface area contributed by atoms with Crippen LogP contribution in [0.5, 0.6) is 0 Å². The summed E-state index contributed by atoms with van der Waals surface area (Å²) in [6, 6.07) is 1.71. The van der Waals surface area contributed by atoms with Gasteiger partial charge in [-0.05, 0) is 51.8 Å². The van der Waals surface area contributed by atoms with Gasteiger partial charge in [-0.15, -0.1) is 0 Å². The molecule has 1 aromatic rings. The van der Waals surface area contributed by atoms with Crippen LogP contribution in [0.1, 0.15) is 47.0 Å². The molecule has 0 atom stereocenters. The number of carbonyl (C=O) groups is 2. The summed E-state index contributed by atoms with van der Waals surface area (Å²) in [4.78, 5) is 25.9. The fourth-order valence-corrected chi connectivity index (χ4v) is 2.90. The topological polar surface area (TPSA) is 54.3 Å². The Labute approximate surface area is 126 Å². The number of ketones is 1. The van der Waals surface area contributed by atoms with E-state index in [1.165, 1.54) is 13.3 Å². The number of carbonyl (C=O) groups excluding carboxylic acids is 2. The van der Waals surface area contributed by atoms with Crippen LogP contribution >= 0.6 is 0 Å². The first-order valence-corrected chi connectivity index (χ1v) is 7.64. The van der Waals surface area contributed by atoms with Gasteiger partial charge in [-0.25, -0.2) is 0 Å². The fraction of sp³-hybridized carbons (Fsp3) is 0.625. The van der Waals surface area contributed by atoms with Crippen molar-refractivity contribution in [2.24, 2.45) is 13.0 Å². The fourth-order valence-electron chi connectivity index (χ4n) is 2.90. The van der Waals surface area contributed by atoms with Crippen molar-refractivity contribution in [1.82, 2.24) is 14.8 Å². The number of amides is 1. The number of aromatic nitrogens is 1. The molecule has 1 aromatic heterocycles. The highest BCUT2D eigenvalue weighted by Crippen LogP contribution is 2.22. The summed E-state index contributed by atoms with van der Waals surface area (Å²) < 4.78 is 1.76. The molecule has 0 unspecified atom stereocenters. The lowest BCUT2D eigenvalue weighted by Gasteiger charge is -2.32. The number of nitrogens with zero attached hydrogens (tertiary/aromatic N) is 2. The second-order valence-corrected chi connectivity index (χ2v) is 5.91. The van der Waals surface area contributed by atoms with Crippen molar-refractivity contribution < 1.29 is 9.59 Å². The molecule has 1 aliphatic heterocycles. The van der Waals surface area contributed by atoms with Crippen molar-refractivity contribution >= 4 is 11.7 Å². The van der Waals surface area contributed by atoms with Gasteiger partial charge in [0.05, 0.1) is 0 Å². The highest BCUT2D eigenvalue weighted by atomic mass is 16.2. The Kier molecular flexibility index (Phi) is 5.17. The summed E-state index contributed by atoms with van der Waals surface area (Å²) in [5.41, 5.74) is 1.21. The molecule has 1 aliphatic rings. The Morgan fingerprint density at radius 2 is 2.00 bits per heavy atom. The van der Waals surface area contributed by atoms with Gasteiger partial charge in [0, 0.05) is 31.9 Å². The van der Waals surface area contributed by atoms with Gasteiger partial charge < -0.3 is 14.8 Å². The van der Waals surface area contributed by atoms with Gasteiger partial charge in [0.2, 0.25) is 0 Å². The summed E-state index contributed by atoms with van der Waals surface area (Å²) in [7, 11) is 3.79. The Morgan fingerprint density at radius 3 is 2.52 bits per heavy atom. The second-order valence-electron chi connectivity index (χ2n) is 5.91. The molecule has 0 aromatic carbocycles. The number of hydrogen-bond acceptors (Lipinski definition) is 3. The average Bonchev–Trinajstić information content (AvgIpc) is 2.87. The summed E-state index contributed by atoms with van der Waals surface area (Å²) in [5, 5.41) is 3.18. The maximum absolute atomic E-state index is 12.6. The Balaban J connectivity index is 1.97. The van der Waals surface area contributed by atoms with Crippen molar-refractivity contribution in [1.29, 1.82) is 0 Å². The lowest BCUT2D eigenvalue weighted by molar-refractivity contribution is 0.0677. The van der Waals surface area contributed by atoms with Crippen molar-refractivity contribution in [2.75, 3.05) is 26.7 Å². The summed E-state index contributed by atoms with van der Waals surface area (Å²) in [6.07, 6.45) is 5.04. The first-order chi connectivity index (χ1) is 10.0. The average molecular weight is 291 g/mol. The third-order valence-electron chi connectivity index (χ3n) is 4.33. The first-order valence-electron chi connectivity index (χ1n) is 7.64. The van der Waals surface area contributed by atoms with E-state index in [4.69, 9.17) is 0 Å². The molecule has 0 bridgehead atoms. The van der Waals surface area contributed by atoms with E-state index in [1.807, 2.05) is 19.0 Å². The van der Waals surface area contributed by atoms with Crippen LogP contribution in [0.15, 0.2) is 12.3 Å². The van der Waals surface area contributed by atoms with Crippen molar-refractivity contribution in [3.63, 3.8) is 0 Å². The zero-order chi connectivity index (χ0) is 15.4. The molecule has 1 amide bonds. The number of hydrogen-bond donors (Lipinski definition) is 1. The van der Waals surface area contributed by atoms with Crippen LogP contribution in [0.4, 0.5) is 0 Å². The standard InChI is InChI=1S/C16H25N3O2/c1-12(20)14-10-15(18(3)11-14)16(21)19-8-5-13(6-9-19)4-7-17-2/h10-11,13,17H,4-9H2,1-3H3. The van der Waals surface area contributed by atoms with Crippen LogP contribution in [-0.2, 0) is 7.05 Å². The highest BCUT2D eigenvalue weighted by molar-refractivity contribution is 5.99. The maximum Gasteiger partial charge on any atom is 0.270 e. The molecule has 2 rings (SSSR count). The third kappa shape index (κ3) is 3.73. The molecule has 1 N–H and O–H groups in total. The van der Waals surface area contributed by atoms with Gasteiger partial charge >= 0.3 is 0 Å². The molecule has 1 saturated heterocycles. The minimum absolute atomic E-state index is 0.00424. The number of aryl methyl sites for hydroxylation is 1. The van der Waals surface area contributed by atoms with Gasteiger partial charge in [-0.1, -0.05) is 0 Å². The van der Waals surface area contributed by atoms with E-state index in [1.54, 1.807) is 16.8 Å². The summed E-state index contributed by atoms with van der Waals surface area (Å²) in [5.74, 6) is 0.746. The molecule has 0 spiro atoms. The highest BCUT2D eigenvalue weighted by Gasteiger charge is 2.25. The monoisotopic (exact) mass is 291 g/mol. The van der Waals surface area contributed by atoms with Crippen LogP contribution in [0.25, 0.3) is 0 Å². The predicted octanol–water partition coefficient (Wildman–Crippen LogP) is 1.69. The van der Waals surface area contributed by atoms with Crippen molar-refractivity contribution in [2.45, 2.75) is 26.2 Å². The Morgan fingerprint density at radius 1 is 1.33 bits per heavy atom. The molecule has 5 heteroatoms. The molecule has 0 aliphatic carbocycles.